The van der Waals surface area contributed by atoms with Gasteiger partial charge < -0.3 is 20.4 Å². The summed E-state index contributed by atoms with van der Waals surface area (Å²) in [4.78, 5) is 46.2. The van der Waals surface area contributed by atoms with Gasteiger partial charge in [0.05, 0.1) is 18.5 Å². The number of ketones is 2. The SMILES string of the molecule is CNCC1(C2CC2)CCN(c2ccnc(NCC(=O)Cc3cccc(C4=CN(C)CC(=O)C=C4)c3)c2)C1=O. The van der Waals surface area contributed by atoms with Crippen molar-refractivity contribution >= 4 is 34.6 Å². The van der Waals surface area contributed by atoms with Crippen molar-refractivity contribution in [2.45, 2.75) is 25.7 Å². The normalized spacial score (nSPS) is 21.5. The van der Waals surface area contributed by atoms with E-state index in [4.69, 9.17) is 0 Å². The van der Waals surface area contributed by atoms with E-state index < -0.39 is 0 Å². The molecule has 2 N–H and O–H groups in total. The maximum atomic E-state index is 13.4. The Morgan fingerprint density at radius 1 is 1.16 bits per heavy atom. The monoisotopic (exact) mass is 513 g/mol. The number of hydrogen-bond acceptors (Lipinski definition) is 7. The Labute approximate surface area is 223 Å². The molecule has 198 valence electrons. The molecule has 1 unspecified atom stereocenters. The van der Waals surface area contributed by atoms with Gasteiger partial charge in [0.2, 0.25) is 5.91 Å². The third kappa shape index (κ3) is 5.55. The van der Waals surface area contributed by atoms with Gasteiger partial charge in [-0.05, 0) is 67.1 Å². The highest BCUT2D eigenvalue weighted by Gasteiger charge is 2.55. The van der Waals surface area contributed by atoms with Crippen molar-refractivity contribution in [2.24, 2.45) is 11.3 Å². The summed E-state index contributed by atoms with van der Waals surface area (Å²) in [5, 5.41) is 6.38. The lowest BCUT2D eigenvalue weighted by Crippen LogP contribution is -2.42. The van der Waals surface area contributed by atoms with Crippen molar-refractivity contribution in [2.75, 3.05) is 50.5 Å². The van der Waals surface area contributed by atoms with Crippen LogP contribution >= 0.6 is 0 Å². The van der Waals surface area contributed by atoms with Crippen molar-refractivity contribution < 1.29 is 14.4 Å². The van der Waals surface area contributed by atoms with Crippen LogP contribution in [0.1, 0.15) is 30.4 Å². The molecule has 8 heteroatoms. The Bertz CT molecular complexity index is 1300. The molecule has 8 nitrogen and oxygen atoms in total. The first-order valence-electron chi connectivity index (χ1n) is 13.3. The van der Waals surface area contributed by atoms with Crippen LogP contribution in [-0.2, 0) is 20.8 Å². The minimum Gasteiger partial charge on any atom is -0.372 e. The van der Waals surface area contributed by atoms with E-state index in [1.165, 1.54) is 0 Å². The molecule has 0 radical (unpaired) electrons. The van der Waals surface area contributed by atoms with E-state index in [9.17, 15) is 14.4 Å². The van der Waals surface area contributed by atoms with Crippen molar-refractivity contribution in [3.8, 4) is 0 Å². The number of nitrogens with one attached hydrogen (secondary N) is 2. The maximum Gasteiger partial charge on any atom is 0.234 e. The van der Waals surface area contributed by atoms with Gasteiger partial charge in [0, 0.05) is 50.7 Å². The average Bonchev–Trinajstić information content (AvgIpc) is 3.72. The predicted molar refractivity (Wildman–Crippen MR) is 149 cm³/mol. The van der Waals surface area contributed by atoms with Gasteiger partial charge >= 0.3 is 0 Å². The molecule has 5 rings (SSSR count). The van der Waals surface area contributed by atoms with Gasteiger partial charge in [-0.15, -0.1) is 0 Å². The minimum atomic E-state index is -0.302. The standard InChI is InChI=1S/C30H35N5O3/c1-31-20-30(24-7-8-24)11-13-35(29(30)38)25-10-12-32-28(16-25)33-17-27(37)15-21-4-3-5-22(14-21)23-6-9-26(36)19-34(2)18-23/h3-6,9-10,12,14,16,18,24,31H,7-8,11,13,15,17,19-20H2,1-2H3,(H,32,33). The summed E-state index contributed by atoms with van der Waals surface area (Å²) in [6, 6.07) is 11.6. The topological polar surface area (TPSA) is 94.6 Å². The Morgan fingerprint density at radius 2 is 2.00 bits per heavy atom. The number of Topliss-reactive ketones (excluding diaryl/α,β-unsaturated/α-hetero) is 1. The summed E-state index contributed by atoms with van der Waals surface area (Å²) < 4.78 is 0. The number of benzene rings is 1. The summed E-state index contributed by atoms with van der Waals surface area (Å²) in [5.41, 5.74) is 3.32. The van der Waals surface area contributed by atoms with E-state index in [0.717, 1.165) is 41.6 Å². The van der Waals surface area contributed by atoms with Gasteiger partial charge in [-0.3, -0.25) is 14.4 Å². The second kappa shape index (κ2) is 10.9. The fourth-order valence-electron chi connectivity index (χ4n) is 5.68. The molecule has 38 heavy (non-hydrogen) atoms. The number of carbonyl (C=O) groups is 3. The number of amides is 1. The zero-order valence-electron chi connectivity index (χ0n) is 22.1. The number of pyridine rings is 1. The number of carbonyl (C=O) groups excluding carboxylic acids is 3. The van der Waals surface area contributed by atoms with Crippen LogP contribution in [0, 0.1) is 11.3 Å². The van der Waals surface area contributed by atoms with Gasteiger partial charge in [-0.2, -0.15) is 0 Å². The molecule has 1 aromatic carbocycles. The van der Waals surface area contributed by atoms with Crippen LogP contribution in [0.25, 0.3) is 5.57 Å². The molecule has 1 saturated heterocycles. The molecule has 0 spiro atoms. The summed E-state index contributed by atoms with van der Waals surface area (Å²) in [6.45, 7) is 1.90. The highest BCUT2D eigenvalue weighted by molar-refractivity contribution is 6.01. The van der Waals surface area contributed by atoms with Crippen molar-refractivity contribution in [1.82, 2.24) is 15.2 Å². The molecule has 3 aliphatic rings. The van der Waals surface area contributed by atoms with Gasteiger partial charge in [-0.1, -0.05) is 24.3 Å². The number of anilines is 2. The van der Waals surface area contributed by atoms with Crippen LogP contribution in [0.2, 0.25) is 0 Å². The molecule has 2 aromatic rings. The van der Waals surface area contributed by atoms with Gasteiger partial charge in [-0.25, -0.2) is 4.98 Å². The number of likely N-dealkylation sites (N-methyl/N-ethyl adjacent to an activating group) is 1. The predicted octanol–water partition coefficient (Wildman–Crippen LogP) is 3.07. The molecule has 1 aromatic heterocycles. The van der Waals surface area contributed by atoms with E-state index in [0.29, 0.717) is 31.4 Å². The fourth-order valence-corrected chi connectivity index (χ4v) is 5.68. The van der Waals surface area contributed by atoms with Crippen LogP contribution in [0.3, 0.4) is 0 Å². The lowest BCUT2D eigenvalue weighted by Gasteiger charge is -2.27. The van der Waals surface area contributed by atoms with E-state index in [1.54, 1.807) is 12.3 Å². The highest BCUT2D eigenvalue weighted by atomic mass is 16.2. The maximum absolute atomic E-state index is 13.4. The minimum absolute atomic E-state index is 0.0334. The summed E-state index contributed by atoms with van der Waals surface area (Å²) in [6.07, 6.45) is 10.4. The molecular weight excluding hydrogens is 478 g/mol. The van der Waals surface area contributed by atoms with Gasteiger partial charge in [0.15, 0.2) is 11.6 Å². The lowest BCUT2D eigenvalue weighted by molar-refractivity contribution is -0.126. The molecule has 1 amide bonds. The van der Waals surface area contributed by atoms with E-state index in [2.05, 4.69) is 15.6 Å². The second-order valence-corrected chi connectivity index (χ2v) is 10.6. The third-order valence-corrected chi connectivity index (χ3v) is 7.70. The van der Waals surface area contributed by atoms with Crippen molar-refractivity contribution in [3.63, 3.8) is 0 Å². The number of hydrogen-bond donors (Lipinski definition) is 2. The van der Waals surface area contributed by atoms with Crippen LogP contribution in [-0.4, -0.2) is 67.6 Å². The molecule has 3 heterocycles. The Balaban J connectivity index is 1.21. The van der Waals surface area contributed by atoms with Crippen molar-refractivity contribution in [1.29, 1.82) is 0 Å². The summed E-state index contributed by atoms with van der Waals surface area (Å²) in [5.74, 6) is 1.34. The smallest absolute Gasteiger partial charge is 0.234 e. The van der Waals surface area contributed by atoms with Crippen LogP contribution < -0.4 is 15.5 Å². The van der Waals surface area contributed by atoms with Crippen molar-refractivity contribution in [3.05, 3.63) is 72.1 Å². The highest BCUT2D eigenvalue weighted by Crippen LogP contribution is 2.52. The molecule has 0 bridgehead atoms. The number of allylic oxidation sites excluding steroid dienone is 2. The first-order chi connectivity index (χ1) is 18.4. The van der Waals surface area contributed by atoms with E-state index in [-0.39, 0.29) is 35.9 Å². The summed E-state index contributed by atoms with van der Waals surface area (Å²) in [7, 11) is 3.78. The van der Waals surface area contributed by atoms with Gasteiger partial charge in [0.25, 0.3) is 0 Å². The largest absolute Gasteiger partial charge is 0.372 e. The lowest BCUT2D eigenvalue weighted by atomic mass is 9.81. The van der Waals surface area contributed by atoms with Crippen LogP contribution in [0.15, 0.2) is 60.9 Å². The van der Waals surface area contributed by atoms with E-state index in [1.807, 2.05) is 72.6 Å². The quantitative estimate of drug-likeness (QED) is 0.504. The zero-order valence-corrected chi connectivity index (χ0v) is 22.1. The van der Waals surface area contributed by atoms with E-state index >= 15 is 0 Å². The number of rotatable bonds is 10. The molecule has 1 saturated carbocycles. The van der Waals surface area contributed by atoms with Crippen LogP contribution in [0.4, 0.5) is 11.5 Å². The van der Waals surface area contributed by atoms with Crippen LogP contribution in [0.5, 0.6) is 0 Å². The number of aromatic nitrogens is 1. The Morgan fingerprint density at radius 3 is 2.79 bits per heavy atom. The summed E-state index contributed by atoms with van der Waals surface area (Å²) >= 11 is 0. The molecule has 2 fully saturated rings. The fraction of sp³-hybridized carbons (Fsp3) is 0.400. The zero-order chi connectivity index (χ0) is 26.7. The molecule has 1 atom stereocenters. The Kier molecular flexibility index (Phi) is 7.42. The van der Waals surface area contributed by atoms with Gasteiger partial charge in [0.1, 0.15) is 5.82 Å². The second-order valence-electron chi connectivity index (χ2n) is 10.6. The third-order valence-electron chi connectivity index (χ3n) is 7.70. The first-order valence-corrected chi connectivity index (χ1v) is 13.3. The molecule has 2 aliphatic heterocycles. The number of nitrogens with zero attached hydrogens (tertiary/aromatic N) is 3. The molecule has 1 aliphatic carbocycles. The molecular formula is C30H35N5O3. The first kappa shape index (κ1) is 25.9. The average molecular weight is 514 g/mol. The Hall–Kier alpha value is -3.78.